The number of alkyl halides is 7. The van der Waals surface area contributed by atoms with Crippen LogP contribution in [0, 0.1) is 24.7 Å². The van der Waals surface area contributed by atoms with Crippen molar-refractivity contribution in [3.63, 3.8) is 0 Å². The molecule has 14 nitrogen and oxygen atoms in total. The summed E-state index contributed by atoms with van der Waals surface area (Å²) in [5.74, 6) is -10.4. The average Bonchev–Trinajstić information content (AvgIpc) is 3.50. The van der Waals surface area contributed by atoms with Crippen molar-refractivity contribution in [3.05, 3.63) is 64.7 Å². The number of carbonyl (C=O) groups excluding carboxylic acids is 5. The van der Waals surface area contributed by atoms with E-state index in [1.807, 2.05) is 6.07 Å². The molecule has 2 aromatic rings. The smallest absolute Gasteiger partial charge is 0.405 e. The number of halogens is 7. The quantitative estimate of drug-likeness (QED) is 0.0986. The highest BCUT2D eigenvalue weighted by molar-refractivity contribution is 5.97. The number of rotatable bonds is 12. The second kappa shape index (κ2) is 21.2. The van der Waals surface area contributed by atoms with Crippen LogP contribution in [0.15, 0.2) is 42.5 Å². The second-order valence-electron chi connectivity index (χ2n) is 15.9. The Labute approximate surface area is 354 Å². The molecule has 4 atom stereocenters. The highest BCUT2D eigenvalue weighted by Crippen LogP contribution is 2.44. The molecule has 0 bridgehead atoms. The van der Waals surface area contributed by atoms with E-state index in [2.05, 4.69) is 21.3 Å². The van der Waals surface area contributed by atoms with E-state index < -0.39 is 102 Å². The maximum absolute atomic E-state index is 13.3. The maximum atomic E-state index is 13.3. The van der Waals surface area contributed by atoms with Crippen LogP contribution in [0.2, 0.25) is 0 Å². The highest BCUT2D eigenvalue weighted by Gasteiger charge is 2.60. The first-order valence-corrected chi connectivity index (χ1v) is 19.3. The third-order valence-corrected chi connectivity index (χ3v) is 10.2. The molecule has 2 aromatic carbocycles. The van der Waals surface area contributed by atoms with Gasteiger partial charge in [0.1, 0.15) is 12.3 Å². The number of carboxylic acids is 1. The topological polar surface area (TPSA) is 201 Å². The highest BCUT2D eigenvalue weighted by atomic mass is 19.4. The van der Waals surface area contributed by atoms with Gasteiger partial charge in [0.25, 0.3) is 17.8 Å². The van der Waals surface area contributed by atoms with E-state index in [4.69, 9.17) is 9.47 Å². The van der Waals surface area contributed by atoms with Gasteiger partial charge in [0.2, 0.25) is 17.9 Å². The molecular formula is C41H54F7N5O9. The number of carbonyl (C=O) groups is 6. The normalized spacial score (nSPS) is 20.1. The SMILES string of the molecule is CC(=O)Oc1cc(C)cc(C(=O)N[C@@H](Cc2ccccc2)[C@H](OC(C)=O)C(=O)O)c1C.CC1(C)C(C(=O)NCC(F)(F)F)NCC1(F)F.CCNC(=O)C1NCC(F)(F)C1(C)C. The van der Waals surface area contributed by atoms with Crippen molar-refractivity contribution >= 4 is 35.6 Å². The van der Waals surface area contributed by atoms with Crippen molar-refractivity contribution in [2.75, 3.05) is 26.2 Å². The number of likely N-dealkylation sites (N-methyl/N-ethyl adjacent to an activating group) is 1. The number of esters is 2. The standard InChI is InChI=1S/C23H25NO7.C9H13F5N2O.C9H16F2N2O/c1-13-10-18(14(2)20(11-13)30-15(3)25)22(27)24-19(12-17-8-6-5-7-9-17)21(23(28)29)31-16(4)26;1-7(2)5(15-3-8(7,10)11)6(17)16-4-9(12,13)14;1-4-12-7(14)6-8(2,3)9(10,11)5-13-6/h5-11,19,21H,12H2,1-4H3,(H,24,27)(H,28,29);5,15H,3-4H2,1-2H3,(H,16,17);6,13H,4-5H2,1-3H3,(H,12,14)/t19-,21-;;/m0../s1. The summed E-state index contributed by atoms with van der Waals surface area (Å²) in [6.07, 6.45) is -6.01. The zero-order chi connectivity index (χ0) is 47.6. The molecule has 0 aliphatic carbocycles. The third-order valence-electron chi connectivity index (χ3n) is 10.2. The van der Waals surface area contributed by atoms with E-state index in [-0.39, 0.29) is 23.6 Å². The molecule has 0 aromatic heterocycles. The van der Waals surface area contributed by atoms with Crippen LogP contribution in [0.25, 0.3) is 0 Å². The molecule has 3 amide bonds. The minimum atomic E-state index is -4.55. The summed E-state index contributed by atoms with van der Waals surface area (Å²) in [7, 11) is 0. The maximum Gasteiger partial charge on any atom is 0.405 e. The Morgan fingerprint density at radius 3 is 1.73 bits per heavy atom. The molecule has 62 heavy (non-hydrogen) atoms. The van der Waals surface area contributed by atoms with E-state index in [1.165, 1.54) is 20.8 Å². The fourth-order valence-corrected chi connectivity index (χ4v) is 6.41. The van der Waals surface area contributed by atoms with Gasteiger partial charge in [0.05, 0.1) is 42.0 Å². The van der Waals surface area contributed by atoms with E-state index in [0.717, 1.165) is 26.3 Å². The molecule has 2 aliphatic rings. The van der Waals surface area contributed by atoms with Gasteiger partial charge >= 0.3 is 24.1 Å². The van der Waals surface area contributed by atoms with E-state index in [1.54, 1.807) is 62.5 Å². The van der Waals surface area contributed by atoms with Crippen molar-refractivity contribution in [2.24, 2.45) is 10.8 Å². The summed E-state index contributed by atoms with van der Waals surface area (Å²) < 4.78 is 99.1. The van der Waals surface area contributed by atoms with Crippen molar-refractivity contribution in [2.45, 2.75) is 111 Å². The Kier molecular flexibility index (Phi) is 18.0. The second-order valence-corrected chi connectivity index (χ2v) is 15.9. The van der Waals surface area contributed by atoms with Gasteiger partial charge in [0, 0.05) is 31.5 Å². The zero-order valence-electron chi connectivity index (χ0n) is 35.7. The lowest BCUT2D eigenvalue weighted by Crippen LogP contribution is -2.51. The minimum absolute atomic E-state index is 0.124. The van der Waals surface area contributed by atoms with E-state index in [0.29, 0.717) is 17.7 Å². The molecule has 21 heteroatoms. The monoisotopic (exact) mass is 893 g/mol. The van der Waals surface area contributed by atoms with Crippen molar-refractivity contribution in [1.82, 2.24) is 26.6 Å². The van der Waals surface area contributed by atoms with Crippen LogP contribution in [-0.4, -0.2) is 109 Å². The molecule has 0 saturated carbocycles. The number of hydrogen-bond acceptors (Lipinski definition) is 10. The Balaban J connectivity index is 0.000000357. The summed E-state index contributed by atoms with van der Waals surface area (Å²) in [6, 6.07) is 9.01. The van der Waals surface area contributed by atoms with Gasteiger partial charge in [-0.25, -0.2) is 22.4 Å². The van der Waals surface area contributed by atoms with E-state index in [9.17, 15) is 64.6 Å². The van der Waals surface area contributed by atoms with Gasteiger partial charge in [-0.2, -0.15) is 13.2 Å². The number of ether oxygens (including phenoxy) is 2. The largest absolute Gasteiger partial charge is 0.478 e. The molecule has 2 unspecified atom stereocenters. The summed E-state index contributed by atoms with van der Waals surface area (Å²) in [5.41, 5.74) is -0.957. The molecule has 2 heterocycles. The lowest BCUT2D eigenvalue weighted by atomic mass is 9.81. The molecule has 0 radical (unpaired) electrons. The van der Waals surface area contributed by atoms with Crippen LogP contribution in [-0.2, 0) is 35.1 Å². The summed E-state index contributed by atoms with van der Waals surface area (Å²) in [5, 5.41) is 21.2. The predicted molar refractivity (Wildman–Crippen MR) is 211 cm³/mol. The van der Waals surface area contributed by atoms with Gasteiger partial charge in [-0.05, 0) is 50.5 Å². The first-order valence-electron chi connectivity index (χ1n) is 19.3. The first kappa shape index (κ1) is 52.8. The number of nitrogens with one attached hydrogen (secondary N) is 5. The van der Waals surface area contributed by atoms with Gasteiger partial charge < -0.3 is 30.5 Å². The number of benzene rings is 2. The van der Waals surface area contributed by atoms with Crippen molar-refractivity contribution < 1.29 is 74.1 Å². The first-order chi connectivity index (χ1) is 28.4. The number of aliphatic carboxylic acids is 1. The van der Waals surface area contributed by atoms with Crippen LogP contribution >= 0.6 is 0 Å². The number of aryl methyl sites for hydroxylation is 1. The number of hydrogen-bond donors (Lipinski definition) is 6. The fraction of sp³-hybridized carbons (Fsp3) is 0.561. The molecule has 346 valence electrons. The van der Waals surface area contributed by atoms with Crippen LogP contribution in [0.5, 0.6) is 5.75 Å². The van der Waals surface area contributed by atoms with Gasteiger partial charge in [-0.1, -0.05) is 58.0 Å². The van der Waals surface area contributed by atoms with E-state index >= 15 is 0 Å². The van der Waals surface area contributed by atoms with Crippen LogP contribution in [0.1, 0.15) is 75.5 Å². The third kappa shape index (κ3) is 14.1. The molecule has 2 saturated heterocycles. The molecular weight excluding hydrogens is 839 g/mol. The molecule has 2 aliphatic heterocycles. The Bertz CT molecular complexity index is 1930. The molecule has 6 N–H and O–H groups in total. The number of amides is 3. The van der Waals surface area contributed by atoms with Crippen LogP contribution in [0.3, 0.4) is 0 Å². The summed E-state index contributed by atoms with van der Waals surface area (Å²) in [6.45, 7) is 10.4. The zero-order valence-corrected chi connectivity index (χ0v) is 35.7. The lowest BCUT2D eigenvalue weighted by molar-refractivity contribution is -0.164. The molecule has 0 spiro atoms. The van der Waals surface area contributed by atoms with Crippen LogP contribution in [0.4, 0.5) is 30.7 Å². The van der Waals surface area contributed by atoms with Crippen molar-refractivity contribution in [1.29, 1.82) is 0 Å². The average molecular weight is 894 g/mol. The van der Waals surface area contributed by atoms with Gasteiger partial charge in [0.15, 0.2) is 0 Å². The lowest BCUT2D eigenvalue weighted by Gasteiger charge is -2.30. The Morgan fingerprint density at radius 1 is 0.823 bits per heavy atom. The minimum Gasteiger partial charge on any atom is -0.478 e. The fourth-order valence-electron chi connectivity index (χ4n) is 6.41. The summed E-state index contributed by atoms with van der Waals surface area (Å²) >= 11 is 0. The predicted octanol–water partition coefficient (Wildman–Crippen LogP) is 4.64. The Morgan fingerprint density at radius 2 is 1.32 bits per heavy atom. The molecule has 2 fully saturated rings. The number of carboxylic acid groups (broad SMARTS) is 1. The van der Waals surface area contributed by atoms with Gasteiger partial charge in [-0.3, -0.25) is 34.6 Å². The van der Waals surface area contributed by atoms with Gasteiger partial charge in [-0.15, -0.1) is 0 Å². The van der Waals surface area contributed by atoms with Crippen molar-refractivity contribution in [3.8, 4) is 5.75 Å². The molecule has 4 rings (SSSR count). The Hall–Kier alpha value is -5.31. The van der Waals surface area contributed by atoms with Crippen LogP contribution < -0.4 is 31.3 Å². The summed E-state index contributed by atoms with van der Waals surface area (Å²) in [4.78, 5) is 70.5.